The fourth-order valence-electron chi connectivity index (χ4n) is 8.08. The molecule has 17 heteroatoms. The molecule has 0 bridgehead atoms. The normalized spacial score (nSPS) is 11.8. The molecule has 430 valence electrons. The number of halogens is 3. The maximum Gasteiger partial charge on any atom is 0.414 e. The van der Waals surface area contributed by atoms with Gasteiger partial charge in [0.15, 0.2) is 0 Å². The van der Waals surface area contributed by atoms with Crippen LogP contribution in [0.4, 0.5) is 30.2 Å². The van der Waals surface area contributed by atoms with E-state index in [9.17, 15) is 13.2 Å². The van der Waals surface area contributed by atoms with Crippen molar-refractivity contribution in [2.75, 3.05) is 76.0 Å². The van der Waals surface area contributed by atoms with Crippen molar-refractivity contribution in [2.24, 2.45) is 0 Å². The Morgan fingerprint density at radius 2 is 0.780 bits per heavy atom. The lowest BCUT2D eigenvalue weighted by Gasteiger charge is -2.17. The third kappa shape index (κ3) is 17.5. The Morgan fingerprint density at radius 1 is 0.476 bits per heavy atom. The number of anilines is 3. The summed E-state index contributed by atoms with van der Waals surface area (Å²) in [5.41, 5.74) is 11.7. The third-order valence-electron chi connectivity index (χ3n) is 13.3. The minimum Gasteiger partial charge on any atom is -0.488 e. The Balaban J connectivity index is 0.000000188. The smallest absolute Gasteiger partial charge is 0.414 e. The van der Waals surface area contributed by atoms with Crippen molar-refractivity contribution < 1.29 is 52.3 Å². The van der Waals surface area contributed by atoms with Crippen molar-refractivity contribution in [1.29, 1.82) is 0 Å². The molecule has 3 unspecified atom stereocenters. The Labute approximate surface area is 476 Å². The number of rotatable bonds is 20. The number of aliphatic hydroxyl groups is 1. The first-order valence-electron chi connectivity index (χ1n) is 27.0. The molecule has 6 aromatic carbocycles. The van der Waals surface area contributed by atoms with Gasteiger partial charge in [-0.1, -0.05) is 68.4 Å². The first-order valence-corrected chi connectivity index (χ1v) is 27.0. The first-order chi connectivity index (χ1) is 39.6. The average molecular weight is 1120 g/mol. The highest BCUT2D eigenvalue weighted by Gasteiger charge is 2.13. The van der Waals surface area contributed by atoms with Gasteiger partial charge in [-0.25, -0.2) is 37.7 Å². The van der Waals surface area contributed by atoms with E-state index in [0.717, 1.165) is 90.9 Å². The fraction of sp³-hybridized carbons (Fsp3) is 0.277. The van der Waals surface area contributed by atoms with Gasteiger partial charge in [-0.3, -0.25) is 0 Å². The molecule has 14 nitrogen and oxygen atoms in total. The van der Waals surface area contributed by atoms with Crippen LogP contribution in [0.15, 0.2) is 164 Å². The molecule has 0 aliphatic carbocycles. The van der Waals surface area contributed by atoms with E-state index < -0.39 is 50.3 Å². The average Bonchev–Trinajstić information content (AvgIpc) is 3.68. The SMILES string of the molecule is CCC(CF)Oc1ccc2ccc(-c3ccc(N(C)CC)cc3)nc2c1.CCC(CF)Oc1ccc2ccc(-c3ccc(NC)cc3)nc2c1.CCN(C)c1ccc(-c2ccc3ccc(OC(CO)CF)cc3n2)cc1.O=C(O)C(=O)O. The van der Waals surface area contributed by atoms with Crippen LogP contribution < -0.4 is 29.3 Å². The van der Waals surface area contributed by atoms with E-state index in [4.69, 9.17) is 54.1 Å². The number of aliphatic hydroxyl groups excluding tert-OH is 1. The Hall–Kier alpha value is -8.96. The van der Waals surface area contributed by atoms with Crippen LogP contribution in [0.2, 0.25) is 0 Å². The minimum atomic E-state index is -1.82. The van der Waals surface area contributed by atoms with Gasteiger partial charge in [0.1, 0.15) is 55.6 Å². The van der Waals surface area contributed by atoms with Crippen molar-refractivity contribution >= 4 is 61.7 Å². The lowest BCUT2D eigenvalue weighted by atomic mass is 10.1. The van der Waals surface area contributed by atoms with Crippen LogP contribution in [-0.4, -0.2) is 121 Å². The van der Waals surface area contributed by atoms with E-state index in [0.29, 0.717) is 30.1 Å². The highest BCUT2D eigenvalue weighted by Crippen LogP contribution is 2.30. The maximum absolute atomic E-state index is 12.9. The quantitative estimate of drug-likeness (QED) is 0.0530. The first kappa shape index (κ1) is 62.2. The number of hydrogen-bond acceptors (Lipinski definition) is 12. The summed E-state index contributed by atoms with van der Waals surface area (Å²) in [6.45, 7) is 7.92. The van der Waals surface area contributed by atoms with Crippen LogP contribution in [0.5, 0.6) is 17.2 Å². The van der Waals surface area contributed by atoms with Gasteiger partial charge in [-0.2, -0.15) is 0 Å². The van der Waals surface area contributed by atoms with Crippen molar-refractivity contribution in [3.63, 3.8) is 0 Å². The standard InChI is InChI=1S/C22H25FN2O.C21H23FN2O2.C20H21FN2O.C2H2O4/c1-4-19(15-23)26-20-12-8-17-9-13-21(24-22(17)14-20)16-6-10-18(11-7-16)25(3)5-2;1-3-24(2)17-8-4-15(5-9-17)20-11-7-16-6-10-18(12-21(16)23-20)26-19(13-22)14-25;1-3-17(13-21)24-18-10-6-15-7-11-19(23-20(15)12-18)14-4-8-16(22-2)9-5-14;3-1(4)2(5)6/h6-14,19H,4-5,15H2,1-3H3;4-12,19,25H,3,13-14H2,1-2H3;4-12,17,22H,3,13H2,1-2H3;(H,3,4)(H,5,6). The Morgan fingerprint density at radius 3 is 1.05 bits per heavy atom. The highest BCUT2D eigenvalue weighted by molar-refractivity contribution is 6.27. The van der Waals surface area contributed by atoms with Crippen LogP contribution >= 0.6 is 0 Å². The molecule has 0 fully saturated rings. The van der Waals surface area contributed by atoms with Gasteiger partial charge in [0.25, 0.3) is 0 Å². The van der Waals surface area contributed by atoms with Gasteiger partial charge in [-0.05, 0) is 118 Å². The molecule has 0 aliphatic heterocycles. The van der Waals surface area contributed by atoms with E-state index in [-0.39, 0.29) is 6.61 Å². The molecule has 0 radical (unpaired) electrons. The van der Waals surface area contributed by atoms with E-state index >= 15 is 0 Å². The Kier molecular flexibility index (Phi) is 23.6. The zero-order valence-corrected chi connectivity index (χ0v) is 47.2. The summed E-state index contributed by atoms with van der Waals surface area (Å²) in [7, 11) is 6.03. The summed E-state index contributed by atoms with van der Waals surface area (Å²) in [6, 6.07) is 53.7. The largest absolute Gasteiger partial charge is 0.488 e. The molecule has 4 N–H and O–H groups in total. The topological polar surface area (TPSA) is 180 Å². The van der Waals surface area contributed by atoms with E-state index in [1.807, 2.05) is 118 Å². The number of benzene rings is 6. The monoisotopic (exact) mass is 1120 g/mol. The molecule has 9 aromatic rings. The van der Waals surface area contributed by atoms with E-state index in [2.05, 4.69) is 97.7 Å². The summed E-state index contributed by atoms with van der Waals surface area (Å²) < 4.78 is 55.4. The second-order valence-corrected chi connectivity index (χ2v) is 18.9. The molecule has 3 aromatic heterocycles. The van der Waals surface area contributed by atoms with Gasteiger partial charge in [0, 0.05) is 102 Å². The molecule has 82 heavy (non-hydrogen) atoms. The second-order valence-electron chi connectivity index (χ2n) is 18.9. The second kappa shape index (κ2) is 31.1. The van der Waals surface area contributed by atoms with Crippen molar-refractivity contribution in [3.8, 4) is 51.0 Å². The van der Waals surface area contributed by atoms with E-state index in [1.54, 1.807) is 12.1 Å². The number of carboxylic acids is 2. The van der Waals surface area contributed by atoms with Gasteiger partial charge < -0.3 is 44.6 Å². The summed E-state index contributed by atoms with van der Waals surface area (Å²) in [4.78, 5) is 36.8. The number of carbonyl (C=O) groups is 2. The number of aromatic nitrogens is 3. The van der Waals surface area contributed by atoms with Crippen molar-refractivity contribution in [2.45, 2.75) is 58.8 Å². The van der Waals surface area contributed by atoms with Crippen LogP contribution in [0.3, 0.4) is 0 Å². The molecule has 0 aliphatic rings. The molecular weight excluding hydrogens is 1050 g/mol. The van der Waals surface area contributed by atoms with Gasteiger partial charge >= 0.3 is 11.9 Å². The molecular formula is C65H71F3N6O8. The van der Waals surface area contributed by atoms with Crippen LogP contribution in [-0.2, 0) is 9.59 Å². The number of hydrogen-bond donors (Lipinski definition) is 4. The molecule has 0 saturated carbocycles. The van der Waals surface area contributed by atoms with Crippen molar-refractivity contribution in [3.05, 3.63) is 164 Å². The number of aliphatic carboxylic acids is 2. The molecule has 0 amide bonds. The summed E-state index contributed by atoms with van der Waals surface area (Å²) >= 11 is 0. The van der Waals surface area contributed by atoms with Gasteiger partial charge in [-0.15, -0.1) is 0 Å². The molecule has 3 atom stereocenters. The highest BCUT2D eigenvalue weighted by atomic mass is 19.1. The van der Waals surface area contributed by atoms with Gasteiger partial charge in [0.05, 0.1) is 40.2 Å². The molecule has 3 heterocycles. The number of fused-ring (bicyclic) bond motifs is 3. The summed E-state index contributed by atoms with van der Waals surface area (Å²) in [5, 5.41) is 30.0. The summed E-state index contributed by atoms with van der Waals surface area (Å²) in [6.07, 6.45) is -0.377. The summed E-state index contributed by atoms with van der Waals surface area (Å²) in [5.74, 6) is -1.84. The zero-order valence-electron chi connectivity index (χ0n) is 47.2. The molecule has 0 spiro atoms. The Bertz CT molecular complexity index is 3300. The van der Waals surface area contributed by atoms with Gasteiger partial charge in [0.2, 0.25) is 0 Å². The van der Waals surface area contributed by atoms with E-state index in [1.165, 1.54) is 5.69 Å². The number of nitrogens with zero attached hydrogens (tertiary/aromatic N) is 5. The molecule has 9 rings (SSSR count). The fourth-order valence-corrected chi connectivity index (χ4v) is 8.08. The molecule has 0 saturated heterocycles. The predicted octanol–water partition coefficient (Wildman–Crippen LogP) is 13.8. The lowest BCUT2D eigenvalue weighted by Crippen LogP contribution is -2.23. The lowest BCUT2D eigenvalue weighted by molar-refractivity contribution is -0.159. The van der Waals surface area contributed by atoms with Crippen LogP contribution in [0.1, 0.15) is 40.5 Å². The zero-order chi connectivity index (χ0) is 59.1. The predicted molar refractivity (Wildman–Crippen MR) is 323 cm³/mol. The number of pyridine rings is 3. The van der Waals surface area contributed by atoms with Crippen LogP contribution in [0, 0.1) is 0 Å². The third-order valence-corrected chi connectivity index (χ3v) is 13.3. The number of carboxylic acid groups (broad SMARTS) is 2. The van der Waals surface area contributed by atoms with Crippen molar-refractivity contribution in [1.82, 2.24) is 15.0 Å². The van der Waals surface area contributed by atoms with Crippen LogP contribution in [0.25, 0.3) is 66.5 Å². The minimum absolute atomic E-state index is 0.361. The number of nitrogens with one attached hydrogen (secondary N) is 1. The maximum atomic E-state index is 12.9. The number of alkyl halides is 3. The number of ether oxygens (including phenoxy) is 3.